The van der Waals surface area contributed by atoms with E-state index in [4.69, 9.17) is 9.16 Å². The lowest BCUT2D eigenvalue weighted by Gasteiger charge is -2.42. The van der Waals surface area contributed by atoms with E-state index in [1.165, 1.54) is 17.2 Å². The molecule has 12 heteroatoms. The highest BCUT2D eigenvalue weighted by molar-refractivity contribution is 6.77. The highest BCUT2D eigenvalue weighted by Crippen LogP contribution is 2.42. The molecular weight excluding hydrogens is 456 g/mol. The van der Waals surface area contributed by atoms with Crippen LogP contribution in [0.15, 0.2) is 16.1 Å². The van der Waals surface area contributed by atoms with Crippen LogP contribution in [0, 0.1) is 0 Å². The van der Waals surface area contributed by atoms with Crippen molar-refractivity contribution in [3.05, 3.63) is 16.7 Å². The van der Waals surface area contributed by atoms with Gasteiger partial charge in [-0.15, -0.1) is 0 Å². The number of nitrogens with one attached hydrogen (secondary N) is 1. The number of aromatic nitrogens is 4. The van der Waals surface area contributed by atoms with E-state index >= 15 is 0 Å². The van der Waals surface area contributed by atoms with Gasteiger partial charge in [-0.2, -0.15) is 4.98 Å². The monoisotopic (exact) mass is 492 g/mol. The van der Waals surface area contributed by atoms with E-state index in [0.29, 0.717) is 29.2 Å². The summed E-state index contributed by atoms with van der Waals surface area (Å²) in [4.78, 5) is 52.8. The average molecular weight is 493 g/mol. The second kappa shape index (κ2) is 11.6. The van der Waals surface area contributed by atoms with E-state index < -0.39 is 26.2 Å². The number of aliphatic imine (C=N–C) groups is 1. The summed E-state index contributed by atoms with van der Waals surface area (Å²) in [5.41, 5.74) is 0.636. The highest BCUT2D eigenvalue weighted by Gasteiger charge is 2.45. The first-order chi connectivity index (χ1) is 16.0. The number of aldehydes is 2. The van der Waals surface area contributed by atoms with E-state index in [1.807, 2.05) is 0 Å². The van der Waals surface area contributed by atoms with Gasteiger partial charge >= 0.3 is 0 Å². The van der Waals surface area contributed by atoms with Gasteiger partial charge in [-0.3, -0.25) is 19.1 Å². The summed E-state index contributed by atoms with van der Waals surface area (Å²) in [6.07, 6.45) is 1.71. The van der Waals surface area contributed by atoms with Crippen molar-refractivity contribution in [1.29, 1.82) is 0 Å². The van der Waals surface area contributed by atoms with E-state index in [0.717, 1.165) is 0 Å². The molecule has 34 heavy (non-hydrogen) atoms. The number of fused-ring (bicyclic) bond motifs is 1. The van der Waals surface area contributed by atoms with Crippen molar-refractivity contribution in [3.8, 4) is 0 Å². The van der Waals surface area contributed by atoms with Crippen molar-refractivity contribution in [1.82, 2.24) is 24.4 Å². The second-order valence-corrected chi connectivity index (χ2v) is 14.8. The summed E-state index contributed by atoms with van der Waals surface area (Å²) in [5.74, 6) is 0.0504. The molecule has 0 aliphatic carbocycles. The second-order valence-electron chi connectivity index (χ2n) is 9.39. The Hall–Kier alpha value is -2.70. The molecule has 2 aromatic rings. The first kappa shape index (κ1) is 27.5. The zero-order valence-corrected chi connectivity index (χ0v) is 22.2. The van der Waals surface area contributed by atoms with Gasteiger partial charge in [0.15, 0.2) is 38.3 Å². The maximum absolute atomic E-state index is 12.4. The van der Waals surface area contributed by atoms with Crippen LogP contribution in [0.5, 0.6) is 0 Å². The Morgan fingerprint density at radius 3 is 2.24 bits per heavy atom. The maximum atomic E-state index is 12.4. The Kier molecular flexibility index (Phi) is 9.42. The Bertz CT molecular complexity index is 1040. The standard InChI is InChI=1S/C22H36N6O5Si/c1-14(2)34(15(3)4,16(5)6)32-11-17(9-29)33-18(10-30)28-13-23-19-20(28)25-22(26-21(19)31)24-12-27(7)8/h9-10,12-18H,11H2,1-8H3,(H,25,26,31)/b24-12+. The highest BCUT2D eigenvalue weighted by atomic mass is 28.4. The van der Waals surface area contributed by atoms with Crippen LogP contribution >= 0.6 is 0 Å². The first-order valence-corrected chi connectivity index (χ1v) is 13.5. The Balaban J connectivity index is 2.33. The van der Waals surface area contributed by atoms with Crippen molar-refractivity contribution in [2.75, 3.05) is 20.7 Å². The maximum Gasteiger partial charge on any atom is 0.280 e. The number of aromatic amines is 1. The minimum atomic E-state index is -2.24. The molecule has 2 unspecified atom stereocenters. The van der Waals surface area contributed by atoms with Gasteiger partial charge in [-0.05, 0) is 16.6 Å². The van der Waals surface area contributed by atoms with Gasteiger partial charge in [0.2, 0.25) is 5.95 Å². The number of rotatable bonds is 13. The van der Waals surface area contributed by atoms with E-state index in [2.05, 4.69) is 61.5 Å². The average Bonchev–Trinajstić information content (AvgIpc) is 3.18. The quantitative estimate of drug-likeness (QED) is 0.195. The summed E-state index contributed by atoms with van der Waals surface area (Å²) in [6.45, 7) is 12.9. The first-order valence-electron chi connectivity index (χ1n) is 11.3. The summed E-state index contributed by atoms with van der Waals surface area (Å²) in [6, 6.07) is 0. The molecule has 0 aliphatic rings. The van der Waals surface area contributed by atoms with Crippen molar-refractivity contribution in [2.45, 2.75) is 70.5 Å². The van der Waals surface area contributed by atoms with Crippen LogP contribution in [-0.4, -0.2) is 78.5 Å². The summed E-state index contributed by atoms with van der Waals surface area (Å²) < 4.78 is 13.6. The minimum absolute atomic E-state index is 0.0315. The summed E-state index contributed by atoms with van der Waals surface area (Å²) in [5, 5.41) is 0. The smallest absolute Gasteiger partial charge is 0.280 e. The Morgan fingerprint density at radius 2 is 1.74 bits per heavy atom. The zero-order chi connectivity index (χ0) is 25.6. The third kappa shape index (κ3) is 5.86. The third-order valence-electron chi connectivity index (χ3n) is 5.89. The predicted octanol–water partition coefficient (Wildman–Crippen LogP) is 2.81. The van der Waals surface area contributed by atoms with Crippen LogP contribution in [0.3, 0.4) is 0 Å². The lowest BCUT2D eigenvalue weighted by atomic mass is 10.4. The molecule has 1 N–H and O–H groups in total. The van der Waals surface area contributed by atoms with Crippen LogP contribution in [-0.2, 0) is 18.8 Å². The van der Waals surface area contributed by atoms with Crippen molar-refractivity contribution >= 4 is 44.3 Å². The number of nitrogens with zero attached hydrogens (tertiary/aromatic N) is 5. The molecule has 11 nitrogen and oxygen atoms in total. The molecule has 0 aliphatic heterocycles. The number of carbonyl (C=O) groups is 2. The molecule has 0 radical (unpaired) electrons. The number of imidazole rings is 1. The molecule has 0 bridgehead atoms. The van der Waals surface area contributed by atoms with Crippen LogP contribution in [0.4, 0.5) is 5.95 Å². The molecule has 0 saturated carbocycles. The zero-order valence-electron chi connectivity index (χ0n) is 21.2. The fraction of sp³-hybridized carbons (Fsp3) is 0.636. The third-order valence-corrected chi connectivity index (χ3v) is 12.0. The van der Waals surface area contributed by atoms with E-state index in [9.17, 15) is 14.4 Å². The Labute approximate surface area is 200 Å². The van der Waals surface area contributed by atoms with E-state index in [-0.39, 0.29) is 23.7 Å². The molecule has 2 atom stereocenters. The molecule has 2 aromatic heterocycles. The number of carbonyl (C=O) groups excluding carboxylic acids is 2. The number of H-pyrrole nitrogens is 1. The van der Waals surface area contributed by atoms with Crippen molar-refractivity contribution < 1.29 is 18.8 Å². The van der Waals surface area contributed by atoms with Gasteiger partial charge in [-0.25, -0.2) is 9.98 Å². The van der Waals surface area contributed by atoms with Gasteiger partial charge in [-0.1, -0.05) is 41.5 Å². The molecule has 0 aromatic carbocycles. The number of hydrogen-bond donors (Lipinski definition) is 1. The van der Waals surface area contributed by atoms with Crippen LogP contribution < -0.4 is 5.56 Å². The van der Waals surface area contributed by atoms with Gasteiger partial charge < -0.3 is 18.9 Å². The van der Waals surface area contributed by atoms with Gasteiger partial charge in [0.25, 0.3) is 5.56 Å². The van der Waals surface area contributed by atoms with Gasteiger partial charge in [0.05, 0.1) is 19.3 Å². The molecule has 0 fully saturated rings. The van der Waals surface area contributed by atoms with E-state index in [1.54, 1.807) is 19.0 Å². The molecule has 188 valence electrons. The SMILES string of the molecule is CC(C)[Si](OCC(C=O)OC(C=O)n1cnc2c(=O)[nH]c(/N=C/N(C)C)nc21)(C(C)C)C(C)C. The molecule has 0 saturated heterocycles. The predicted molar refractivity (Wildman–Crippen MR) is 133 cm³/mol. The summed E-state index contributed by atoms with van der Waals surface area (Å²) in [7, 11) is 1.32. The van der Waals surface area contributed by atoms with Crippen LogP contribution in [0.1, 0.15) is 47.8 Å². The fourth-order valence-corrected chi connectivity index (χ4v) is 9.96. The number of ether oxygens (including phenoxy) is 1. The van der Waals surface area contributed by atoms with Gasteiger partial charge in [0.1, 0.15) is 6.10 Å². The molecular formula is C22H36N6O5Si. The molecule has 2 heterocycles. The largest absolute Gasteiger partial charge is 0.413 e. The normalized spacial score (nSPS) is 14.4. The summed E-state index contributed by atoms with van der Waals surface area (Å²) >= 11 is 0. The lowest BCUT2D eigenvalue weighted by molar-refractivity contribution is -0.139. The minimum Gasteiger partial charge on any atom is -0.413 e. The number of hydrogen-bond acceptors (Lipinski definition) is 8. The molecule has 0 amide bonds. The molecule has 2 rings (SSSR count). The molecule has 0 spiro atoms. The Morgan fingerprint density at radius 1 is 1.12 bits per heavy atom. The van der Waals surface area contributed by atoms with Crippen molar-refractivity contribution in [3.63, 3.8) is 0 Å². The topological polar surface area (TPSA) is 132 Å². The van der Waals surface area contributed by atoms with Crippen LogP contribution in [0.25, 0.3) is 11.2 Å². The van der Waals surface area contributed by atoms with Gasteiger partial charge in [0, 0.05) is 14.1 Å². The fourth-order valence-electron chi connectivity index (χ4n) is 4.51. The lowest BCUT2D eigenvalue weighted by Crippen LogP contribution is -2.49. The van der Waals surface area contributed by atoms with Crippen LogP contribution in [0.2, 0.25) is 16.6 Å². The van der Waals surface area contributed by atoms with Crippen molar-refractivity contribution in [2.24, 2.45) is 4.99 Å².